The van der Waals surface area contributed by atoms with Crippen molar-refractivity contribution in [3.63, 3.8) is 0 Å². The monoisotopic (exact) mass is 327 g/mol. The minimum atomic E-state index is 1.01. The molecule has 1 heteroatoms. The number of fused-ring (bicyclic) bond motifs is 2. The topological polar surface area (TPSA) is 3.24 Å². The van der Waals surface area contributed by atoms with Gasteiger partial charge in [-0.05, 0) is 80.6 Å². The van der Waals surface area contributed by atoms with E-state index in [-0.39, 0.29) is 0 Å². The molecule has 0 saturated carbocycles. The number of nitrogens with zero attached hydrogens (tertiary/aromatic N) is 1. The van der Waals surface area contributed by atoms with Crippen molar-refractivity contribution >= 4 is 17.1 Å². The molecule has 0 saturated heterocycles. The number of rotatable bonds is 1. The largest absolute Gasteiger partial charge is 0.310 e. The Morgan fingerprint density at radius 3 is 1.64 bits per heavy atom. The van der Waals surface area contributed by atoms with Gasteiger partial charge in [-0.2, -0.15) is 0 Å². The van der Waals surface area contributed by atoms with E-state index in [4.69, 9.17) is 0 Å². The molecule has 25 heavy (non-hydrogen) atoms. The Kier molecular flexibility index (Phi) is 3.68. The Bertz CT molecular complexity index is 930. The van der Waals surface area contributed by atoms with Crippen LogP contribution in [0.1, 0.15) is 38.9 Å². The Morgan fingerprint density at radius 2 is 1.08 bits per heavy atom. The first-order chi connectivity index (χ1) is 11.9. The van der Waals surface area contributed by atoms with E-state index >= 15 is 0 Å². The van der Waals surface area contributed by atoms with Gasteiger partial charge in [-0.3, -0.25) is 0 Å². The maximum Gasteiger partial charge on any atom is 0.0497 e. The molecule has 1 heterocycles. The van der Waals surface area contributed by atoms with Gasteiger partial charge in [0.05, 0.1) is 0 Å². The molecule has 126 valence electrons. The Morgan fingerprint density at radius 1 is 0.560 bits per heavy atom. The molecule has 0 aromatic heterocycles. The van der Waals surface area contributed by atoms with Crippen molar-refractivity contribution in [1.29, 1.82) is 0 Å². The maximum absolute atomic E-state index is 2.45. The highest BCUT2D eigenvalue weighted by atomic mass is 15.2. The zero-order valence-electron chi connectivity index (χ0n) is 15.8. The predicted octanol–water partition coefficient (Wildman–Crippen LogP) is 6.60. The van der Waals surface area contributed by atoms with Crippen LogP contribution in [0.3, 0.4) is 0 Å². The molecular weight excluding hydrogens is 302 g/mol. The van der Waals surface area contributed by atoms with Crippen LogP contribution in [0.2, 0.25) is 0 Å². The first-order valence-corrected chi connectivity index (χ1v) is 9.01. The number of hydrogen-bond donors (Lipinski definition) is 0. The van der Waals surface area contributed by atoms with Crippen LogP contribution in [0.15, 0.2) is 48.5 Å². The van der Waals surface area contributed by atoms with Crippen molar-refractivity contribution in [1.82, 2.24) is 0 Å². The van der Waals surface area contributed by atoms with Crippen molar-refractivity contribution in [2.45, 2.75) is 41.0 Å². The molecule has 1 aliphatic rings. The normalized spacial score (nSPS) is 12.8. The zero-order chi connectivity index (χ0) is 17.7. The molecule has 0 N–H and O–H groups in total. The molecule has 0 atom stereocenters. The summed E-state index contributed by atoms with van der Waals surface area (Å²) in [7, 11) is 0. The highest BCUT2D eigenvalue weighted by molar-refractivity contribution is 5.85. The number of anilines is 3. The van der Waals surface area contributed by atoms with Gasteiger partial charge >= 0.3 is 0 Å². The molecule has 1 nitrogen and oxygen atoms in total. The molecule has 1 aliphatic heterocycles. The minimum Gasteiger partial charge on any atom is -0.310 e. The van der Waals surface area contributed by atoms with Crippen LogP contribution >= 0.6 is 0 Å². The van der Waals surface area contributed by atoms with Crippen LogP contribution in [-0.4, -0.2) is 0 Å². The highest BCUT2D eigenvalue weighted by Gasteiger charge is 2.25. The Balaban J connectivity index is 2.00. The fourth-order valence-corrected chi connectivity index (χ4v) is 3.93. The lowest BCUT2D eigenvalue weighted by Gasteiger charge is -2.35. The second-order valence-corrected chi connectivity index (χ2v) is 7.50. The fourth-order valence-electron chi connectivity index (χ4n) is 3.93. The van der Waals surface area contributed by atoms with Crippen LogP contribution in [0.4, 0.5) is 17.1 Å². The van der Waals surface area contributed by atoms with E-state index in [1.807, 2.05) is 0 Å². The summed E-state index contributed by atoms with van der Waals surface area (Å²) in [5.74, 6) is 0. The Labute approximate surface area is 150 Å². The summed E-state index contributed by atoms with van der Waals surface area (Å²) in [6.07, 6.45) is 1.01. The smallest absolute Gasteiger partial charge is 0.0497 e. The van der Waals surface area contributed by atoms with E-state index < -0.39 is 0 Å². The number of hydrogen-bond acceptors (Lipinski definition) is 1. The summed E-state index contributed by atoms with van der Waals surface area (Å²) in [5, 5.41) is 0. The van der Waals surface area contributed by atoms with Crippen LogP contribution < -0.4 is 4.90 Å². The lowest BCUT2D eigenvalue weighted by Crippen LogP contribution is -2.20. The van der Waals surface area contributed by atoms with Gasteiger partial charge in [-0.25, -0.2) is 0 Å². The fraction of sp³-hybridized carbons (Fsp3) is 0.250. The summed E-state index contributed by atoms with van der Waals surface area (Å²) in [5.41, 5.74) is 13.4. The summed E-state index contributed by atoms with van der Waals surface area (Å²) in [6.45, 7) is 11.0. The second-order valence-electron chi connectivity index (χ2n) is 7.50. The van der Waals surface area contributed by atoms with Crippen molar-refractivity contribution < 1.29 is 0 Å². The number of aryl methyl sites for hydroxylation is 5. The van der Waals surface area contributed by atoms with E-state index in [0.29, 0.717) is 0 Å². The van der Waals surface area contributed by atoms with Crippen LogP contribution in [0.5, 0.6) is 0 Å². The third-order valence-electron chi connectivity index (χ3n) is 5.39. The van der Waals surface area contributed by atoms with Crippen LogP contribution in [0, 0.1) is 34.6 Å². The Hall–Kier alpha value is -2.54. The molecule has 0 unspecified atom stereocenters. The standard InChI is InChI=1S/C24H25N/c1-15-6-8-22-20(10-15)14-21-11-16(2)7-9-23(21)25(22)24-13-18(4)17(3)12-19(24)5/h6-13H,14H2,1-5H3. The average molecular weight is 327 g/mol. The van der Waals surface area contributed by atoms with E-state index in [0.717, 1.165) is 6.42 Å². The first kappa shape index (κ1) is 16.0. The first-order valence-electron chi connectivity index (χ1n) is 9.01. The van der Waals surface area contributed by atoms with Crippen LogP contribution in [-0.2, 0) is 6.42 Å². The highest BCUT2D eigenvalue weighted by Crippen LogP contribution is 2.45. The lowest BCUT2D eigenvalue weighted by molar-refractivity contribution is 1.07. The van der Waals surface area contributed by atoms with Gasteiger partial charge in [-0.1, -0.05) is 41.5 Å². The van der Waals surface area contributed by atoms with Gasteiger partial charge in [-0.15, -0.1) is 0 Å². The molecule has 0 bridgehead atoms. The molecule has 0 aliphatic carbocycles. The maximum atomic E-state index is 2.45. The molecule has 0 spiro atoms. The lowest BCUT2D eigenvalue weighted by atomic mass is 9.92. The minimum absolute atomic E-state index is 1.01. The van der Waals surface area contributed by atoms with Gasteiger partial charge in [0.2, 0.25) is 0 Å². The third kappa shape index (κ3) is 2.64. The van der Waals surface area contributed by atoms with Crippen molar-refractivity contribution in [2.24, 2.45) is 0 Å². The van der Waals surface area contributed by atoms with Gasteiger partial charge in [0.1, 0.15) is 0 Å². The number of benzene rings is 3. The molecule has 0 fully saturated rings. The summed E-state index contributed by atoms with van der Waals surface area (Å²) in [4.78, 5) is 2.45. The third-order valence-corrected chi connectivity index (χ3v) is 5.39. The SMILES string of the molecule is Cc1ccc2c(c1)Cc1cc(C)ccc1N2c1cc(C)c(C)cc1C. The second kappa shape index (κ2) is 5.77. The molecule has 3 aromatic rings. The molecule has 0 amide bonds. The molecule has 3 aromatic carbocycles. The predicted molar refractivity (Wildman–Crippen MR) is 108 cm³/mol. The summed E-state index contributed by atoms with van der Waals surface area (Å²) < 4.78 is 0. The average Bonchev–Trinajstić information content (AvgIpc) is 2.56. The van der Waals surface area contributed by atoms with E-state index in [9.17, 15) is 0 Å². The van der Waals surface area contributed by atoms with Gasteiger partial charge in [0, 0.05) is 23.5 Å². The molecular formula is C24H25N. The van der Waals surface area contributed by atoms with Gasteiger partial charge in [0.15, 0.2) is 0 Å². The summed E-state index contributed by atoms with van der Waals surface area (Å²) in [6, 6.07) is 18.3. The van der Waals surface area contributed by atoms with E-state index in [1.165, 1.54) is 56.0 Å². The quantitative estimate of drug-likeness (QED) is 0.380. The zero-order valence-corrected chi connectivity index (χ0v) is 15.8. The van der Waals surface area contributed by atoms with Crippen molar-refractivity contribution in [3.8, 4) is 0 Å². The van der Waals surface area contributed by atoms with Crippen LogP contribution in [0.25, 0.3) is 0 Å². The summed E-state index contributed by atoms with van der Waals surface area (Å²) >= 11 is 0. The van der Waals surface area contributed by atoms with Crippen molar-refractivity contribution in [3.05, 3.63) is 87.5 Å². The van der Waals surface area contributed by atoms with Gasteiger partial charge in [0.25, 0.3) is 0 Å². The van der Waals surface area contributed by atoms with Crippen molar-refractivity contribution in [2.75, 3.05) is 4.90 Å². The van der Waals surface area contributed by atoms with E-state index in [1.54, 1.807) is 0 Å². The molecule has 4 rings (SSSR count). The van der Waals surface area contributed by atoms with E-state index in [2.05, 4.69) is 88.0 Å². The van der Waals surface area contributed by atoms with Gasteiger partial charge < -0.3 is 4.90 Å². The molecule has 0 radical (unpaired) electrons.